The van der Waals surface area contributed by atoms with Gasteiger partial charge in [0.15, 0.2) is 5.75 Å². The first-order chi connectivity index (χ1) is 14.5. The molecular weight excluding hydrogens is 412 g/mol. The summed E-state index contributed by atoms with van der Waals surface area (Å²) in [5.74, 6) is -0.530. The number of carbonyl (C=O) groups is 3. The zero-order valence-electron chi connectivity index (χ0n) is 17.0. The molecular formula is C20H27ClN4O5. The largest absolute Gasteiger partial charge is 0.487 e. The molecule has 1 aliphatic carbocycles. The number of para-hydroxylation sites is 1. The van der Waals surface area contributed by atoms with Gasteiger partial charge < -0.3 is 20.1 Å². The van der Waals surface area contributed by atoms with E-state index < -0.39 is 23.4 Å². The SMILES string of the molecule is CCOCCOc1c(Cl)cccc1NCC(=O)NN1C(=O)NC2(CCCCC2)C1=O. The Balaban J connectivity index is 1.56. The van der Waals surface area contributed by atoms with Gasteiger partial charge in [0.05, 0.1) is 23.9 Å². The molecule has 1 aliphatic heterocycles. The smallest absolute Gasteiger partial charge is 0.344 e. The fourth-order valence-corrected chi connectivity index (χ4v) is 3.93. The molecule has 1 heterocycles. The van der Waals surface area contributed by atoms with E-state index in [1.54, 1.807) is 18.2 Å². The molecule has 0 bridgehead atoms. The van der Waals surface area contributed by atoms with E-state index in [-0.39, 0.29) is 6.54 Å². The Kier molecular flexibility index (Phi) is 7.38. The average Bonchev–Trinajstić information content (AvgIpc) is 2.95. The van der Waals surface area contributed by atoms with Gasteiger partial charge >= 0.3 is 6.03 Å². The monoisotopic (exact) mass is 438 g/mol. The van der Waals surface area contributed by atoms with Crippen LogP contribution in [0.3, 0.4) is 0 Å². The second-order valence-electron chi connectivity index (χ2n) is 7.26. The van der Waals surface area contributed by atoms with Crippen molar-refractivity contribution in [2.45, 2.75) is 44.6 Å². The second-order valence-corrected chi connectivity index (χ2v) is 7.67. The summed E-state index contributed by atoms with van der Waals surface area (Å²) in [5.41, 5.74) is 2.03. The van der Waals surface area contributed by atoms with Gasteiger partial charge in [-0.05, 0) is 31.9 Å². The number of anilines is 1. The van der Waals surface area contributed by atoms with Crippen molar-refractivity contribution in [3.63, 3.8) is 0 Å². The van der Waals surface area contributed by atoms with Crippen molar-refractivity contribution in [1.82, 2.24) is 15.8 Å². The van der Waals surface area contributed by atoms with Gasteiger partial charge in [0.2, 0.25) is 0 Å². The maximum atomic E-state index is 12.7. The van der Waals surface area contributed by atoms with Crippen LogP contribution in [0, 0.1) is 0 Å². The predicted octanol–water partition coefficient (Wildman–Crippen LogP) is 2.45. The van der Waals surface area contributed by atoms with Gasteiger partial charge in [-0.2, -0.15) is 5.01 Å². The molecule has 1 aromatic carbocycles. The molecule has 9 nitrogen and oxygen atoms in total. The summed E-state index contributed by atoms with van der Waals surface area (Å²) in [7, 11) is 0. The van der Waals surface area contributed by atoms with Crippen LogP contribution in [0.4, 0.5) is 10.5 Å². The predicted molar refractivity (Wildman–Crippen MR) is 111 cm³/mol. The van der Waals surface area contributed by atoms with Crippen molar-refractivity contribution < 1.29 is 23.9 Å². The number of nitrogens with zero attached hydrogens (tertiary/aromatic N) is 1. The van der Waals surface area contributed by atoms with Crippen LogP contribution in [0.5, 0.6) is 5.75 Å². The van der Waals surface area contributed by atoms with E-state index in [0.29, 0.717) is 49.1 Å². The quantitative estimate of drug-likeness (QED) is 0.403. The van der Waals surface area contributed by atoms with E-state index >= 15 is 0 Å². The molecule has 0 radical (unpaired) electrons. The molecule has 30 heavy (non-hydrogen) atoms. The van der Waals surface area contributed by atoms with Crippen LogP contribution in [0.25, 0.3) is 0 Å². The van der Waals surface area contributed by atoms with Crippen LogP contribution in [0.15, 0.2) is 18.2 Å². The number of hydrazine groups is 1. The molecule has 2 aliphatic rings. The van der Waals surface area contributed by atoms with Crippen LogP contribution < -0.4 is 20.8 Å². The van der Waals surface area contributed by atoms with Crippen LogP contribution in [0.1, 0.15) is 39.0 Å². The zero-order chi connectivity index (χ0) is 21.6. The molecule has 1 spiro atoms. The first-order valence-electron chi connectivity index (χ1n) is 10.2. The highest BCUT2D eigenvalue weighted by atomic mass is 35.5. The minimum absolute atomic E-state index is 0.174. The number of halogens is 1. The molecule has 0 aromatic heterocycles. The Morgan fingerprint density at radius 1 is 1.23 bits per heavy atom. The fraction of sp³-hybridized carbons (Fsp3) is 0.550. The number of nitrogens with one attached hydrogen (secondary N) is 3. The van der Waals surface area contributed by atoms with Crippen molar-refractivity contribution in [3.8, 4) is 5.75 Å². The fourth-order valence-electron chi connectivity index (χ4n) is 3.70. The Labute approximate surface area is 180 Å². The summed E-state index contributed by atoms with van der Waals surface area (Å²) in [6.45, 7) is 3.02. The summed E-state index contributed by atoms with van der Waals surface area (Å²) in [5, 5.41) is 6.87. The Morgan fingerprint density at radius 2 is 2.00 bits per heavy atom. The standard InChI is InChI=1S/C20H27ClN4O5/c1-2-29-11-12-30-17-14(21)7-6-8-15(17)22-13-16(26)24-25-18(27)20(23-19(25)28)9-4-3-5-10-20/h6-8,22H,2-5,9-13H2,1H3,(H,23,28)(H,24,26). The van der Waals surface area contributed by atoms with Gasteiger partial charge in [0.25, 0.3) is 11.8 Å². The maximum absolute atomic E-state index is 12.7. The third kappa shape index (κ3) is 4.96. The van der Waals surface area contributed by atoms with Gasteiger partial charge in [-0.3, -0.25) is 15.0 Å². The van der Waals surface area contributed by atoms with E-state index in [1.165, 1.54) is 0 Å². The molecule has 1 saturated carbocycles. The van der Waals surface area contributed by atoms with Crippen molar-refractivity contribution in [2.24, 2.45) is 0 Å². The van der Waals surface area contributed by atoms with E-state index in [4.69, 9.17) is 21.1 Å². The van der Waals surface area contributed by atoms with Crippen molar-refractivity contribution in [2.75, 3.05) is 31.7 Å². The number of hydrogen-bond acceptors (Lipinski definition) is 6. The van der Waals surface area contributed by atoms with Crippen LogP contribution >= 0.6 is 11.6 Å². The Hall–Kier alpha value is -2.52. The van der Waals surface area contributed by atoms with Crippen LogP contribution in [-0.2, 0) is 14.3 Å². The molecule has 0 unspecified atom stereocenters. The lowest BCUT2D eigenvalue weighted by Crippen LogP contribution is -2.51. The highest BCUT2D eigenvalue weighted by Crippen LogP contribution is 2.34. The Morgan fingerprint density at radius 3 is 2.73 bits per heavy atom. The number of ether oxygens (including phenoxy) is 2. The van der Waals surface area contributed by atoms with Crippen molar-refractivity contribution in [1.29, 1.82) is 0 Å². The highest BCUT2D eigenvalue weighted by Gasteiger charge is 2.52. The molecule has 164 valence electrons. The first kappa shape index (κ1) is 22.2. The molecule has 3 rings (SSSR count). The summed E-state index contributed by atoms with van der Waals surface area (Å²) in [6.07, 6.45) is 3.96. The molecule has 4 amide bonds. The van der Waals surface area contributed by atoms with E-state index in [1.807, 2.05) is 6.92 Å². The van der Waals surface area contributed by atoms with Crippen LogP contribution in [0.2, 0.25) is 5.02 Å². The first-order valence-corrected chi connectivity index (χ1v) is 10.5. The van der Waals surface area contributed by atoms with Crippen molar-refractivity contribution in [3.05, 3.63) is 23.2 Å². The molecule has 2 fully saturated rings. The normalized spacial score (nSPS) is 17.7. The lowest BCUT2D eigenvalue weighted by atomic mass is 9.82. The summed E-state index contributed by atoms with van der Waals surface area (Å²) in [6, 6.07) is 4.53. The number of carbonyl (C=O) groups excluding carboxylic acids is 3. The van der Waals surface area contributed by atoms with Gasteiger partial charge in [0.1, 0.15) is 12.1 Å². The van der Waals surface area contributed by atoms with Gasteiger partial charge in [-0.25, -0.2) is 4.79 Å². The third-order valence-electron chi connectivity index (χ3n) is 5.19. The lowest BCUT2D eigenvalue weighted by molar-refractivity contribution is -0.139. The van der Waals surface area contributed by atoms with E-state index in [2.05, 4.69) is 16.1 Å². The molecule has 1 aromatic rings. The Bertz CT molecular complexity index is 797. The number of benzene rings is 1. The number of urea groups is 1. The highest BCUT2D eigenvalue weighted by molar-refractivity contribution is 6.32. The summed E-state index contributed by atoms with van der Waals surface area (Å²) in [4.78, 5) is 37.4. The minimum atomic E-state index is -0.884. The lowest BCUT2D eigenvalue weighted by Gasteiger charge is -2.30. The van der Waals surface area contributed by atoms with Gasteiger partial charge in [0, 0.05) is 6.61 Å². The van der Waals surface area contributed by atoms with E-state index in [0.717, 1.165) is 24.3 Å². The van der Waals surface area contributed by atoms with Crippen LogP contribution in [-0.4, -0.2) is 54.8 Å². The number of amides is 4. The second kappa shape index (κ2) is 9.99. The third-order valence-corrected chi connectivity index (χ3v) is 5.49. The molecule has 1 saturated heterocycles. The minimum Gasteiger partial charge on any atom is -0.487 e. The number of hydrogen-bond donors (Lipinski definition) is 3. The topological polar surface area (TPSA) is 109 Å². The van der Waals surface area contributed by atoms with Gasteiger partial charge in [-0.15, -0.1) is 0 Å². The zero-order valence-corrected chi connectivity index (χ0v) is 17.7. The average molecular weight is 439 g/mol. The van der Waals surface area contributed by atoms with Crippen molar-refractivity contribution >= 4 is 35.1 Å². The number of rotatable bonds is 9. The van der Waals surface area contributed by atoms with Gasteiger partial charge in [-0.1, -0.05) is 36.9 Å². The van der Waals surface area contributed by atoms with E-state index in [9.17, 15) is 14.4 Å². The molecule has 10 heteroatoms. The molecule has 3 N–H and O–H groups in total. The number of imide groups is 1. The maximum Gasteiger partial charge on any atom is 0.344 e. The summed E-state index contributed by atoms with van der Waals surface area (Å²) < 4.78 is 10.9. The molecule has 0 atom stereocenters. The summed E-state index contributed by atoms with van der Waals surface area (Å²) >= 11 is 6.20.